The van der Waals surface area contributed by atoms with Crippen LogP contribution in [0.4, 0.5) is 0 Å². The summed E-state index contributed by atoms with van der Waals surface area (Å²) < 4.78 is 5.28. The summed E-state index contributed by atoms with van der Waals surface area (Å²) >= 11 is 7.74. The van der Waals surface area contributed by atoms with Crippen LogP contribution in [-0.2, 0) is 11.3 Å². The Kier molecular flexibility index (Phi) is 3.22. The molecule has 72 valence electrons. The van der Waals surface area contributed by atoms with Crippen molar-refractivity contribution in [2.75, 3.05) is 26.3 Å². The van der Waals surface area contributed by atoms with E-state index in [0.29, 0.717) is 0 Å². The van der Waals surface area contributed by atoms with Gasteiger partial charge in [0.1, 0.15) is 0 Å². The maximum absolute atomic E-state index is 6.01. The van der Waals surface area contributed by atoms with Gasteiger partial charge in [0, 0.05) is 24.5 Å². The Hall–Kier alpha value is -0.0900. The van der Waals surface area contributed by atoms with Crippen molar-refractivity contribution in [2.24, 2.45) is 0 Å². The molecule has 1 aromatic rings. The van der Waals surface area contributed by atoms with Crippen molar-refractivity contribution >= 4 is 22.9 Å². The molecule has 0 amide bonds. The summed E-state index contributed by atoms with van der Waals surface area (Å²) in [6.45, 7) is 4.72. The molecule has 2 rings (SSSR count). The Labute approximate surface area is 87.1 Å². The van der Waals surface area contributed by atoms with Gasteiger partial charge in [-0.15, -0.1) is 11.3 Å². The molecule has 2 nitrogen and oxygen atoms in total. The van der Waals surface area contributed by atoms with Crippen LogP contribution in [0.1, 0.15) is 4.88 Å². The van der Waals surface area contributed by atoms with Gasteiger partial charge in [-0.3, -0.25) is 4.90 Å². The molecule has 0 bridgehead atoms. The van der Waals surface area contributed by atoms with Crippen LogP contribution in [0.5, 0.6) is 0 Å². The number of ether oxygens (including phenoxy) is 1. The van der Waals surface area contributed by atoms with Crippen molar-refractivity contribution in [1.29, 1.82) is 0 Å². The molecule has 0 saturated carbocycles. The summed E-state index contributed by atoms with van der Waals surface area (Å²) in [5, 5.41) is 2.94. The molecule has 4 heteroatoms. The van der Waals surface area contributed by atoms with Gasteiger partial charge in [-0.1, -0.05) is 11.6 Å². The third-order valence-electron chi connectivity index (χ3n) is 2.16. The molecule has 2 heterocycles. The van der Waals surface area contributed by atoms with Crippen LogP contribution in [-0.4, -0.2) is 31.2 Å². The van der Waals surface area contributed by atoms with Crippen molar-refractivity contribution in [1.82, 2.24) is 4.90 Å². The minimum Gasteiger partial charge on any atom is -0.379 e. The average molecular weight is 218 g/mol. The first kappa shape index (κ1) is 9.46. The molecular formula is C9H12ClNOS. The monoisotopic (exact) mass is 217 g/mol. The SMILES string of the molecule is Clc1ccsc1CN1CCOCC1. The second-order valence-corrected chi connectivity index (χ2v) is 4.49. The molecule has 13 heavy (non-hydrogen) atoms. The molecule has 1 aliphatic heterocycles. The summed E-state index contributed by atoms with van der Waals surface area (Å²) in [4.78, 5) is 3.64. The predicted octanol–water partition coefficient (Wildman–Crippen LogP) is 2.23. The summed E-state index contributed by atoms with van der Waals surface area (Å²) in [6, 6.07) is 1.96. The minimum atomic E-state index is 0.850. The van der Waals surface area contributed by atoms with Crippen LogP contribution in [0.3, 0.4) is 0 Å². The Morgan fingerprint density at radius 1 is 1.46 bits per heavy atom. The van der Waals surface area contributed by atoms with Crippen molar-refractivity contribution in [3.63, 3.8) is 0 Å². The molecule has 0 atom stereocenters. The third kappa shape index (κ3) is 2.44. The van der Waals surface area contributed by atoms with E-state index in [1.807, 2.05) is 11.4 Å². The van der Waals surface area contributed by atoms with Crippen LogP contribution in [0.2, 0.25) is 5.02 Å². The standard InChI is InChI=1S/C9H12ClNOS/c10-8-1-6-13-9(8)7-11-2-4-12-5-3-11/h1,6H,2-5,7H2. The van der Waals surface area contributed by atoms with Crippen LogP contribution in [0, 0.1) is 0 Å². The Morgan fingerprint density at radius 2 is 2.23 bits per heavy atom. The van der Waals surface area contributed by atoms with E-state index in [1.165, 1.54) is 4.88 Å². The van der Waals surface area contributed by atoms with Crippen LogP contribution < -0.4 is 0 Å². The fraction of sp³-hybridized carbons (Fsp3) is 0.556. The second-order valence-electron chi connectivity index (χ2n) is 3.08. The number of hydrogen-bond acceptors (Lipinski definition) is 3. The average Bonchev–Trinajstić information content (AvgIpc) is 2.54. The number of nitrogens with zero attached hydrogens (tertiary/aromatic N) is 1. The molecule has 1 fully saturated rings. The summed E-state index contributed by atoms with van der Waals surface area (Å²) in [5.74, 6) is 0. The highest BCUT2D eigenvalue weighted by atomic mass is 35.5. The van der Waals surface area contributed by atoms with Gasteiger partial charge in [0.05, 0.1) is 18.2 Å². The lowest BCUT2D eigenvalue weighted by Crippen LogP contribution is -2.35. The van der Waals surface area contributed by atoms with Crippen LogP contribution >= 0.6 is 22.9 Å². The Morgan fingerprint density at radius 3 is 2.85 bits per heavy atom. The van der Waals surface area contributed by atoms with Crippen molar-refractivity contribution in [3.8, 4) is 0 Å². The molecule has 0 N–H and O–H groups in total. The van der Waals surface area contributed by atoms with Gasteiger partial charge >= 0.3 is 0 Å². The normalized spacial score (nSPS) is 19.2. The van der Waals surface area contributed by atoms with E-state index >= 15 is 0 Å². The number of morpholine rings is 1. The molecular weight excluding hydrogens is 206 g/mol. The summed E-state index contributed by atoms with van der Waals surface area (Å²) in [6.07, 6.45) is 0. The number of halogens is 1. The lowest BCUT2D eigenvalue weighted by Gasteiger charge is -2.26. The van der Waals surface area contributed by atoms with Gasteiger partial charge in [-0.2, -0.15) is 0 Å². The molecule has 0 aromatic carbocycles. The fourth-order valence-corrected chi connectivity index (χ4v) is 2.54. The molecule has 1 aliphatic rings. The summed E-state index contributed by atoms with van der Waals surface area (Å²) in [5.41, 5.74) is 0. The zero-order chi connectivity index (χ0) is 9.10. The largest absolute Gasteiger partial charge is 0.379 e. The van der Waals surface area contributed by atoms with Gasteiger partial charge in [-0.05, 0) is 11.4 Å². The maximum atomic E-state index is 6.01. The number of hydrogen-bond donors (Lipinski definition) is 0. The third-order valence-corrected chi connectivity index (χ3v) is 3.53. The first-order valence-electron chi connectivity index (χ1n) is 4.38. The Bertz CT molecular complexity index is 270. The van der Waals surface area contributed by atoms with Gasteiger partial charge < -0.3 is 4.74 Å². The molecule has 0 unspecified atom stereocenters. The highest BCUT2D eigenvalue weighted by molar-refractivity contribution is 7.10. The van der Waals surface area contributed by atoms with E-state index in [1.54, 1.807) is 11.3 Å². The van der Waals surface area contributed by atoms with Crippen molar-refractivity contribution in [3.05, 3.63) is 21.3 Å². The lowest BCUT2D eigenvalue weighted by atomic mass is 10.3. The second kappa shape index (κ2) is 4.42. The predicted molar refractivity (Wildman–Crippen MR) is 55.4 cm³/mol. The minimum absolute atomic E-state index is 0.850. The molecule has 1 saturated heterocycles. The van der Waals surface area contributed by atoms with Crippen molar-refractivity contribution in [2.45, 2.75) is 6.54 Å². The van der Waals surface area contributed by atoms with E-state index in [0.717, 1.165) is 37.9 Å². The van der Waals surface area contributed by atoms with Gasteiger partial charge in [0.25, 0.3) is 0 Å². The molecule has 0 spiro atoms. The van der Waals surface area contributed by atoms with Crippen LogP contribution in [0.15, 0.2) is 11.4 Å². The zero-order valence-corrected chi connectivity index (χ0v) is 8.90. The lowest BCUT2D eigenvalue weighted by molar-refractivity contribution is 0.0346. The zero-order valence-electron chi connectivity index (χ0n) is 7.33. The van der Waals surface area contributed by atoms with E-state index < -0.39 is 0 Å². The van der Waals surface area contributed by atoms with Gasteiger partial charge in [0.2, 0.25) is 0 Å². The molecule has 0 aliphatic carbocycles. The quantitative estimate of drug-likeness (QED) is 0.754. The summed E-state index contributed by atoms with van der Waals surface area (Å²) in [7, 11) is 0. The number of thiophene rings is 1. The highest BCUT2D eigenvalue weighted by Gasteiger charge is 2.12. The highest BCUT2D eigenvalue weighted by Crippen LogP contribution is 2.23. The van der Waals surface area contributed by atoms with E-state index in [-0.39, 0.29) is 0 Å². The smallest absolute Gasteiger partial charge is 0.0594 e. The molecule has 0 radical (unpaired) electrons. The van der Waals surface area contributed by atoms with Crippen LogP contribution in [0.25, 0.3) is 0 Å². The van der Waals surface area contributed by atoms with E-state index in [4.69, 9.17) is 16.3 Å². The van der Waals surface area contributed by atoms with Crippen molar-refractivity contribution < 1.29 is 4.74 Å². The first-order chi connectivity index (χ1) is 6.36. The van der Waals surface area contributed by atoms with E-state index in [2.05, 4.69) is 4.90 Å². The van der Waals surface area contributed by atoms with Gasteiger partial charge in [0.15, 0.2) is 0 Å². The van der Waals surface area contributed by atoms with Gasteiger partial charge in [-0.25, -0.2) is 0 Å². The maximum Gasteiger partial charge on any atom is 0.0594 e. The topological polar surface area (TPSA) is 12.5 Å². The Balaban J connectivity index is 1.93. The van der Waals surface area contributed by atoms with E-state index in [9.17, 15) is 0 Å². The molecule has 1 aromatic heterocycles. The first-order valence-corrected chi connectivity index (χ1v) is 5.64. The fourth-order valence-electron chi connectivity index (χ4n) is 1.40. The number of rotatable bonds is 2.